The lowest BCUT2D eigenvalue weighted by atomic mass is 10.0. The van der Waals surface area contributed by atoms with Crippen LogP contribution in [0.5, 0.6) is 0 Å². The van der Waals surface area contributed by atoms with Gasteiger partial charge in [0, 0.05) is 12.8 Å². The number of ether oxygens (including phenoxy) is 1. The maximum atomic E-state index is 12.5. The van der Waals surface area contributed by atoms with Crippen LogP contribution in [0.15, 0.2) is 0 Å². The Labute approximate surface area is 282 Å². The van der Waals surface area contributed by atoms with E-state index in [2.05, 4.69) is 13.8 Å². The largest absolute Gasteiger partial charge is 0.481 e. The van der Waals surface area contributed by atoms with Gasteiger partial charge < -0.3 is 9.84 Å². The molecular weight excluding hydrogens is 556 g/mol. The van der Waals surface area contributed by atoms with Gasteiger partial charge in [-0.05, 0) is 32.1 Å². The molecule has 45 heavy (non-hydrogen) atoms. The van der Waals surface area contributed by atoms with E-state index in [0.717, 1.165) is 38.5 Å². The number of carbonyl (C=O) groups excluding carboxylic acids is 1. The van der Waals surface area contributed by atoms with E-state index in [-0.39, 0.29) is 12.1 Å². The molecule has 1 unspecified atom stereocenters. The Morgan fingerprint density at radius 3 is 1.04 bits per heavy atom. The number of unbranched alkanes of at least 4 members (excludes halogenated alkanes) is 29. The highest BCUT2D eigenvalue weighted by Crippen LogP contribution is 2.19. The van der Waals surface area contributed by atoms with Crippen molar-refractivity contribution in [3.63, 3.8) is 0 Å². The summed E-state index contributed by atoms with van der Waals surface area (Å²) >= 11 is 0. The van der Waals surface area contributed by atoms with Crippen molar-refractivity contribution < 1.29 is 19.4 Å². The van der Waals surface area contributed by atoms with Crippen LogP contribution in [0, 0.1) is 0 Å². The number of hydrogen-bond acceptors (Lipinski definition) is 3. The fourth-order valence-corrected chi connectivity index (χ4v) is 6.53. The van der Waals surface area contributed by atoms with Gasteiger partial charge in [-0.15, -0.1) is 0 Å². The lowest BCUT2D eigenvalue weighted by Crippen LogP contribution is -2.18. The lowest BCUT2D eigenvalue weighted by molar-refractivity contribution is -0.150. The smallest absolute Gasteiger partial charge is 0.306 e. The Kier molecular flexibility index (Phi) is 36.5. The Morgan fingerprint density at radius 1 is 0.400 bits per heavy atom. The van der Waals surface area contributed by atoms with E-state index in [1.165, 1.54) is 180 Å². The Balaban J connectivity index is 3.56. The molecule has 0 aliphatic rings. The molecule has 268 valence electrons. The summed E-state index contributed by atoms with van der Waals surface area (Å²) in [4.78, 5) is 23.0. The second kappa shape index (κ2) is 37.4. The molecule has 0 radical (unpaired) electrons. The summed E-state index contributed by atoms with van der Waals surface area (Å²) in [6.07, 6.45) is 44.7. The van der Waals surface area contributed by atoms with Crippen molar-refractivity contribution in [1.29, 1.82) is 0 Å². The number of hydrogen-bond donors (Lipinski definition) is 1. The average molecular weight is 637 g/mol. The number of carbonyl (C=O) groups is 2. The molecule has 0 saturated heterocycles. The zero-order valence-electron chi connectivity index (χ0n) is 30.7. The number of carboxylic acid groups (broad SMARTS) is 1. The second-order valence-corrected chi connectivity index (χ2v) is 14.2. The summed E-state index contributed by atoms with van der Waals surface area (Å²) in [5.74, 6) is -0.617. The maximum Gasteiger partial charge on any atom is 0.306 e. The van der Waals surface area contributed by atoms with Gasteiger partial charge in [0.05, 0.1) is 0 Å². The Morgan fingerprint density at radius 2 is 0.689 bits per heavy atom. The predicted molar refractivity (Wildman–Crippen MR) is 195 cm³/mol. The number of esters is 1. The van der Waals surface area contributed by atoms with Crippen LogP contribution in [0.2, 0.25) is 0 Å². The van der Waals surface area contributed by atoms with Crippen molar-refractivity contribution in [2.75, 3.05) is 0 Å². The molecule has 0 fully saturated rings. The van der Waals surface area contributed by atoms with Gasteiger partial charge in [0.2, 0.25) is 0 Å². The highest BCUT2D eigenvalue weighted by Gasteiger charge is 2.14. The van der Waals surface area contributed by atoms with E-state index >= 15 is 0 Å². The van der Waals surface area contributed by atoms with Crippen molar-refractivity contribution in [2.24, 2.45) is 0 Å². The van der Waals surface area contributed by atoms with Crippen molar-refractivity contribution in [1.82, 2.24) is 0 Å². The normalized spacial score (nSPS) is 12.0. The Hall–Kier alpha value is -1.06. The van der Waals surface area contributed by atoms with E-state index in [1.54, 1.807) is 0 Å². The van der Waals surface area contributed by atoms with Crippen LogP contribution >= 0.6 is 0 Å². The second-order valence-electron chi connectivity index (χ2n) is 14.2. The third kappa shape index (κ3) is 37.3. The zero-order chi connectivity index (χ0) is 32.9. The molecule has 0 aromatic carbocycles. The number of aliphatic carboxylic acids is 1. The van der Waals surface area contributed by atoms with Crippen molar-refractivity contribution >= 4 is 11.9 Å². The minimum Gasteiger partial charge on any atom is -0.481 e. The van der Waals surface area contributed by atoms with E-state index in [4.69, 9.17) is 9.84 Å². The van der Waals surface area contributed by atoms with Gasteiger partial charge in [-0.3, -0.25) is 9.59 Å². The zero-order valence-corrected chi connectivity index (χ0v) is 30.7. The molecule has 1 N–H and O–H groups in total. The molecule has 0 aromatic rings. The van der Waals surface area contributed by atoms with Crippen LogP contribution in [-0.2, 0) is 14.3 Å². The molecule has 4 nitrogen and oxygen atoms in total. The fraction of sp³-hybridized carbons (Fsp3) is 0.951. The summed E-state index contributed by atoms with van der Waals surface area (Å²) < 4.78 is 5.94. The summed E-state index contributed by atoms with van der Waals surface area (Å²) in [6, 6.07) is 0. The van der Waals surface area contributed by atoms with Crippen LogP contribution in [0.3, 0.4) is 0 Å². The first-order valence-electron chi connectivity index (χ1n) is 20.5. The molecule has 0 spiro atoms. The minimum absolute atomic E-state index is 0.0445. The van der Waals surface area contributed by atoms with Crippen LogP contribution < -0.4 is 0 Å². The van der Waals surface area contributed by atoms with Crippen LogP contribution in [0.4, 0.5) is 0 Å². The molecule has 0 saturated carbocycles. The topological polar surface area (TPSA) is 63.6 Å². The molecule has 0 amide bonds. The fourth-order valence-electron chi connectivity index (χ4n) is 6.53. The predicted octanol–water partition coefficient (Wildman–Crippen LogP) is 14.1. The molecule has 0 aromatic heterocycles. The lowest BCUT2D eigenvalue weighted by Gasteiger charge is -2.18. The number of carboxylic acids is 1. The molecule has 0 rings (SSSR count). The molecule has 0 bridgehead atoms. The first-order chi connectivity index (χ1) is 22.1. The van der Waals surface area contributed by atoms with Crippen LogP contribution in [0.1, 0.15) is 245 Å². The van der Waals surface area contributed by atoms with Gasteiger partial charge in [0.15, 0.2) is 0 Å². The first kappa shape index (κ1) is 43.9. The van der Waals surface area contributed by atoms with Crippen LogP contribution in [0.25, 0.3) is 0 Å². The quantitative estimate of drug-likeness (QED) is 0.0541. The molecule has 4 heteroatoms. The third-order valence-electron chi connectivity index (χ3n) is 9.58. The SMILES string of the molecule is CCCCCCCCCCCCCCCCC(=O)OC(CCCC)CCCCCCCCCCCCCCCCCCC(=O)O. The molecule has 1 atom stereocenters. The van der Waals surface area contributed by atoms with Crippen molar-refractivity contribution in [3.8, 4) is 0 Å². The first-order valence-corrected chi connectivity index (χ1v) is 20.5. The maximum absolute atomic E-state index is 12.5. The molecular formula is C41H80O4. The monoisotopic (exact) mass is 637 g/mol. The van der Waals surface area contributed by atoms with Gasteiger partial charge in [-0.1, -0.05) is 200 Å². The highest BCUT2D eigenvalue weighted by molar-refractivity contribution is 5.69. The van der Waals surface area contributed by atoms with Gasteiger partial charge >= 0.3 is 11.9 Å². The summed E-state index contributed by atoms with van der Waals surface area (Å²) in [7, 11) is 0. The molecule has 0 aliphatic heterocycles. The average Bonchev–Trinajstić information content (AvgIpc) is 3.02. The summed E-state index contributed by atoms with van der Waals surface area (Å²) in [6.45, 7) is 4.51. The van der Waals surface area contributed by atoms with Gasteiger partial charge in [-0.25, -0.2) is 0 Å². The van der Waals surface area contributed by atoms with Crippen LogP contribution in [-0.4, -0.2) is 23.1 Å². The van der Waals surface area contributed by atoms with Crippen molar-refractivity contribution in [2.45, 2.75) is 251 Å². The van der Waals surface area contributed by atoms with Crippen molar-refractivity contribution in [3.05, 3.63) is 0 Å². The standard InChI is InChI=1S/C41H80O4/c1-3-5-7-8-9-10-11-12-19-22-25-28-31-34-38-41(44)45-39(35-6-4-2)36-32-29-26-23-20-17-15-13-14-16-18-21-24-27-30-33-37-40(42)43/h39H,3-38H2,1-2H3,(H,42,43). The highest BCUT2D eigenvalue weighted by atomic mass is 16.5. The summed E-state index contributed by atoms with van der Waals surface area (Å²) in [5, 5.41) is 8.66. The van der Waals surface area contributed by atoms with E-state index in [1.807, 2.05) is 0 Å². The van der Waals surface area contributed by atoms with E-state index < -0.39 is 5.97 Å². The van der Waals surface area contributed by atoms with E-state index in [9.17, 15) is 9.59 Å². The third-order valence-corrected chi connectivity index (χ3v) is 9.58. The number of rotatable bonds is 38. The molecule has 0 aliphatic carbocycles. The Bertz CT molecular complexity index is 604. The molecule has 0 heterocycles. The van der Waals surface area contributed by atoms with Gasteiger partial charge in [0.1, 0.15) is 6.10 Å². The van der Waals surface area contributed by atoms with E-state index in [0.29, 0.717) is 12.8 Å². The minimum atomic E-state index is -0.661. The van der Waals surface area contributed by atoms with Gasteiger partial charge in [0.25, 0.3) is 0 Å². The van der Waals surface area contributed by atoms with Gasteiger partial charge in [-0.2, -0.15) is 0 Å². The summed E-state index contributed by atoms with van der Waals surface area (Å²) in [5.41, 5.74) is 0.